The molecule has 0 radical (unpaired) electrons. The summed E-state index contributed by atoms with van der Waals surface area (Å²) >= 11 is 1.51. The molecule has 0 saturated heterocycles. The highest BCUT2D eigenvalue weighted by Crippen LogP contribution is 2.20. The average Bonchev–Trinajstić information content (AvgIpc) is 2.94. The fourth-order valence-corrected chi connectivity index (χ4v) is 2.78. The zero-order valence-corrected chi connectivity index (χ0v) is 13.7. The Morgan fingerprint density at radius 2 is 1.96 bits per heavy atom. The molecule has 0 aliphatic heterocycles. The Bertz CT molecular complexity index is 757. The quantitative estimate of drug-likeness (QED) is 0.514. The van der Waals surface area contributed by atoms with Crippen LogP contribution in [-0.4, -0.2) is 21.8 Å². The van der Waals surface area contributed by atoms with Gasteiger partial charge in [-0.3, -0.25) is 5.21 Å². The molecule has 1 aromatic carbocycles. The van der Waals surface area contributed by atoms with Crippen LogP contribution in [0.2, 0.25) is 0 Å². The third kappa shape index (κ3) is 4.55. The van der Waals surface area contributed by atoms with Crippen molar-refractivity contribution in [3.63, 3.8) is 0 Å². The Kier molecular flexibility index (Phi) is 5.04. The molecular weight excluding hydrogens is 315 g/mol. The Balaban J connectivity index is 2.10. The number of hydroxylamine groups is 2. The second kappa shape index (κ2) is 6.82. The van der Waals surface area contributed by atoms with Crippen LogP contribution in [0.5, 0.6) is 0 Å². The van der Waals surface area contributed by atoms with Crippen molar-refractivity contribution in [3.8, 4) is 11.8 Å². The first-order chi connectivity index (χ1) is 10.8. The first-order valence-corrected chi connectivity index (χ1v) is 7.74. The van der Waals surface area contributed by atoms with E-state index in [9.17, 15) is 14.4 Å². The minimum atomic E-state index is -1.08. The molecule has 0 atom stereocenters. The van der Waals surface area contributed by atoms with Crippen molar-refractivity contribution in [2.75, 3.05) is 0 Å². The van der Waals surface area contributed by atoms with E-state index in [1.54, 1.807) is 26.0 Å². The lowest BCUT2D eigenvalue weighted by atomic mass is 10.1. The van der Waals surface area contributed by atoms with E-state index in [-0.39, 0.29) is 5.82 Å². The molecule has 0 unspecified atom stereocenters. The highest BCUT2D eigenvalue weighted by molar-refractivity contribution is 7.12. The number of nitrogens with two attached hydrogens (primary N) is 1. The fourth-order valence-electron chi connectivity index (χ4n) is 1.89. The maximum Gasteiger partial charge on any atom is 0.339 e. The molecule has 2 aromatic rings. The topological polar surface area (TPSA) is 66.6 Å². The van der Waals surface area contributed by atoms with Crippen LogP contribution in [-0.2, 0) is 6.42 Å². The Labute approximate surface area is 138 Å². The van der Waals surface area contributed by atoms with Gasteiger partial charge in [-0.2, -0.15) is 5.06 Å². The van der Waals surface area contributed by atoms with Gasteiger partial charge in [0.15, 0.2) is 0 Å². The maximum absolute atomic E-state index is 12.9. The summed E-state index contributed by atoms with van der Waals surface area (Å²) in [5.41, 5.74) is 4.98. The van der Waals surface area contributed by atoms with Crippen molar-refractivity contribution in [1.29, 1.82) is 0 Å². The number of rotatable bonds is 3. The van der Waals surface area contributed by atoms with E-state index in [0.717, 1.165) is 15.3 Å². The van der Waals surface area contributed by atoms with Crippen LogP contribution in [0, 0.1) is 17.7 Å². The summed E-state index contributed by atoms with van der Waals surface area (Å²) in [5, 5.41) is 9.99. The first kappa shape index (κ1) is 17.0. The van der Waals surface area contributed by atoms with Gasteiger partial charge in [0.1, 0.15) is 11.4 Å². The second-order valence-corrected chi connectivity index (χ2v) is 6.70. The molecule has 120 valence electrons. The van der Waals surface area contributed by atoms with Crippen LogP contribution in [0.4, 0.5) is 9.18 Å². The Morgan fingerprint density at radius 1 is 1.30 bits per heavy atom. The van der Waals surface area contributed by atoms with Crippen LogP contribution < -0.4 is 5.73 Å². The van der Waals surface area contributed by atoms with E-state index in [4.69, 9.17) is 5.73 Å². The predicted molar refractivity (Wildman–Crippen MR) is 87.7 cm³/mol. The van der Waals surface area contributed by atoms with Crippen molar-refractivity contribution in [3.05, 3.63) is 57.5 Å². The summed E-state index contributed by atoms with van der Waals surface area (Å²) in [6.45, 7) is 3.19. The molecule has 0 saturated carbocycles. The molecule has 2 amide bonds. The number of urea groups is 1. The number of carbonyl (C=O) groups is 1. The normalized spacial score (nSPS) is 10.8. The molecule has 3 N–H and O–H groups in total. The van der Waals surface area contributed by atoms with Gasteiger partial charge in [0.2, 0.25) is 0 Å². The number of thiophene rings is 1. The Hall–Kier alpha value is -2.36. The molecule has 2 rings (SSSR count). The summed E-state index contributed by atoms with van der Waals surface area (Å²) < 4.78 is 12.9. The van der Waals surface area contributed by atoms with Gasteiger partial charge in [0.05, 0.1) is 4.88 Å². The summed E-state index contributed by atoms with van der Waals surface area (Å²) in [7, 11) is 0. The summed E-state index contributed by atoms with van der Waals surface area (Å²) in [4.78, 5) is 12.9. The minimum absolute atomic E-state index is 0.253. The lowest BCUT2D eigenvalue weighted by Crippen LogP contribution is -2.47. The van der Waals surface area contributed by atoms with Crippen molar-refractivity contribution < 1.29 is 14.4 Å². The van der Waals surface area contributed by atoms with E-state index in [1.165, 1.54) is 23.5 Å². The molecule has 23 heavy (non-hydrogen) atoms. The molecular formula is C17H17FN2O2S. The predicted octanol–water partition coefficient (Wildman–Crippen LogP) is 3.38. The number of hydrogen-bond acceptors (Lipinski definition) is 3. The van der Waals surface area contributed by atoms with Crippen LogP contribution in [0.15, 0.2) is 36.4 Å². The molecule has 6 heteroatoms. The van der Waals surface area contributed by atoms with Gasteiger partial charge in [0.25, 0.3) is 0 Å². The van der Waals surface area contributed by atoms with E-state index in [1.807, 2.05) is 12.1 Å². The zero-order valence-electron chi connectivity index (χ0n) is 12.8. The third-order valence-electron chi connectivity index (χ3n) is 3.18. The number of carbonyl (C=O) groups excluding carboxylic acids is 1. The van der Waals surface area contributed by atoms with Gasteiger partial charge in [-0.05, 0) is 43.7 Å². The average molecular weight is 332 g/mol. The third-order valence-corrected chi connectivity index (χ3v) is 4.18. The molecule has 0 fully saturated rings. The molecule has 4 nitrogen and oxygen atoms in total. The highest BCUT2D eigenvalue weighted by atomic mass is 32.1. The number of nitrogens with zero attached hydrogens (tertiary/aromatic N) is 1. The fraction of sp³-hybridized carbons (Fsp3) is 0.235. The summed E-state index contributed by atoms with van der Waals surface area (Å²) in [6, 6.07) is 9.25. The van der Waals surface area contributed by atoms with E-state index >= 15 is 0 Å². The summed E-state index contributed by atoms with van der Waals surface area (Å²) in [6.07, 6.45) is 0.698. The molecule has 0 bridgehead atoms. The van der Waals surface area contributed by atoms with Gasteiger partial charge in [-0.1, -0.05) is 24.0 Å². The molecule has 0 aliphatic rings. The van der Waals surface area contributed by atoms with E-state index < -0.39 is 11.6 Å². The lowest BCUT2D eigenvalue weighted by molar-refractivity contribution is -0.0889. The van der Waals surface area contributed by atoms with Gasteiger partial charge >= 0.3 is 6.03 Å². The van der Waals surface area contributed by atoms with Crippen LogP contribution in [0.1, 0.15) is 29.2 Å². The minimum Gasteiger partial charge on any atom is -0.350 e. The van der Waals surface area contributed by atoms with Gasteiger partial charge in [0, 0.05) is 11.3 Å². The monoisotopic (exact) mass is 332 g/mol. The Morgan fingerprint density at radius 3 is 2.57 bits per heavy atom. The molecule has 0 aliphatic carbocycles. The maximum atomic E-state index is 12.9. The molecule has 0 spiro atoms. The van der Waals surface area contributed by atoms with Gasteiger partial charge < -0.3 is 5.73 Å². The van der Waals surface area contributed by atoms with E-state index in [2.05, 4.69) is 11.8 Å². The number of hydrogen-bond donors (Lipinski definition) is 2. The number of primary amides is 1. The van der Waals surface area contributed by atoms with Crippen LogP contribution >= 0.6 is 11.3 Å². The van der Waals surface area contributed by atoms with Crippen molar-refractivity contribution >= 4 is 17.4 Å². The van der Waals surface area contributed by atoms with Crippen LogP contribution in [0.3, 0.4) is 0 Å². The SMILES string of the molecule is CC(C)(C#Cc1ccc(Cc2ccc(F)cc2)s1)N(O)C(N)=O. The summed E-state index contributed by atoms with van der Waals surface area (Å²) in [5.74, 6) is 5.51. The standard InChI is InChI=1S/C17H17FN2O2S/c1-17(2,20(22)16(19)21)10-9-14-7-8-15(23-14)11-12-3-5-13(18)6-4-12/h3-8,22H,11H2,1-2H3,(H2,19,21). The van der Waals surface area contributed by atoms with Crippen molar-refractivity contribution in [1.82, 2.24) is 5.06 Å². The largest absolute Gasteiger partial charge is 0.350 e. The number of amides is 2. The van der Waals surface area contributed by atoms with E-state index in [0.29, 0.717) is 11.5 Å². The first-order valence-electron chi connectivity index (χ1n) is 6.93. The smallest absolute Gasteiger partial charge is 0.339 e. The highest BCUT2D eigenvalue weighted by Gasteiger charge is 2.26. The lowest BCUT2D eigenvalue weighted by Gasteiger charge is -2.26. The van der Waals surface area contributed by atoms with Crippen LogP contribution in [0.25, 0.3) is 0 Å². The second-order valence-electron chi connectivity index (χ2n) is 5.53. The van der Waals surface area contributed by atoms with Gasteiger partial charge in [-0.25, -0.2) is 9.18 Å². The number of benzene rings is 1. The van der Waals surface area contributed by atoms with Crippen molar-refractivity contribution in [2.24, 2.45) is 5.73 Å². The molecule has 1 heterocycles. The zero-order chi connectivity index (χ0) is 17.0. The van der Waals surface area contributed by atoms with Crippen molar-refractivity contribution in [2.45, 2.75) is 25.8 Å². The molecule has 1 aromatic heterocycles. The number of halogens is 1. The van der Waals surface area contributed by atoms with Gasteiger partial charge in [-0.15, -0.1) is 11.3 Å².